The van der Waals surface area contributed by atoms with Gasteiger partial charge in [-0.3, -0.25) is 9.59 Å². The molecule has 1 aromatic carbocycles. The summed E-state index contributed by atoms with van der Waals surface area (Å²) >= 11 is 1.49. The van der Waals surface area contributed by atoms with Gasteiger partial charge < -0.3 is 5.32 Å². The van der Waals surface area contributed by atoms with Crippen molar-refractivity contribution in [1.82, 2.24) is 5.32 Å². The average molecular weight is 235 g/mol. The second-order valence-electron chi connectivity index (χ2n) is 3.82. The first kappa shape index (κ1) is 11.2. The zero-order chi connectivity index (χ0) is 11.4. The quantitative estimate of drug-likeness (QED) is 0.626. The van der Waals surface area contributed by atoms with E-state index in [1.54, 1.807) is 12.1 Å². The van der Waals surface area contributed by atoms with Gasteiger partial charge in [0, 0.05) is 16.5 Å². The van der Waals surface area contributed by atoms with E-state index in [1.807, 2.05) is 12.1 Å². The number of carbonyl (C=O) groups is 2. The van der Waals surface area contributed by atoms with Gasteiger partial charge in [0.25, 0.3) is 0 Å². The highest BCUT2D eigenvalue weighted by Crippen LogP contribution is 2.21. The number of rotatable bonds is 5. The maximum Gasteiger partial charge on any atom is 0.230 e. The Morgan fingerprint density at radius 3 is 2.62 bits per heavy atom. The molecule has 2 rings (SSSR count). The lowest BCUT2D eigenvalue weighted by atomic mass is 10.2. The molecule has 1 aromatic rings. The molecule has 1 fully saturated rings. The Bertz CT molecular complexity index is 385. The molecular weight excluding hydrogens is 222 g/mol. The van der Waals surface area contributed by atoms with Gasteiger partial charge in [-0.2, -0.15) is 0 Å². The van der Waals surface area contributed by atoms with Gasteiger partial charge in [0.2, 0.25) is 5.91 Å². The van der Waals surface area contributed by atoms with E-state index in [-0.39, 0.29) is 5.91 Å². The molecule has 0 aromatic heterocycles. The van der Waals surface area contributed by atoms with E-state index >= 15 is 0 Å². The highest BCUT2D eigenvalue weighted by molar-refractivity contribution is 8.00. The Balaban J connectivity index is 1.79. The third kappa shape index (κ3) is 3.38. The van der Waals surface area contributed by atoms with Crippen LogP contribution < -0.4 is 5.32 Å². The fourth-order valence-electron chi connectivity index (χ4n) is 1.29. The molecule has 0 aliphatic heterocycles. The molecule has 1 aliphatic carbocycles. The van der Waals surface area contributed by atoms with Crippen LogP contribution in [0, 0.1) is 0 Å². The second kappa shape index (κ2) is 5.16. The minimum absolute atomic E-state index is 0.0898. The molecule has 0 atom stereocenters. The molecule has 0 bridgehead atoms. The molecule has 0 unspecified atom stereocenters. The topological polar surface area (TPSA) is 46.2 Å². The molecule has 0 radical (unpaired) electrons. The van der Waals surface area contributed by atoms with E-state index in [2.05, 4.69) is 5.32 Å². The van der Waals surface area contributed by atoms with E-state index in [9.17, 15) is 9.59 Å². The fourth-order valence-corrected chi connectivity index (χ4v) is 2.00. The van der Waals surface area contributed by atoms with Crippen LogP contribution in [0.1, 0.15) is 23.2 Å². The smallest absolute Gasteiger partial charge is 0.230 e. The van der Waals surface area contributed by atoms with Gasteiger partial charge in [0.1, 0.15) is 6.29 Å². The fraction of sp³-hybridized carbons (Fsp3) is 0.333. The summed E-state index contributed by atoms with van der Waals surface area (Å²) in [5.41, 5.74) is 0.659. The van der Waals surface area contributed by atoms with Crippen LogP contribution in [0.25, 0.3) is 0 Å². The summed E-state index contributed by atoms with van der Waals surface area (Å²) in [4.78, 5) is 22.9. The molecule has 3 nitrogen and oxygen atoms in total. The number of benzene rings is 1. The summed E-state index contributed by atoms with van der Waals surface area (Å²) in [7, 11) is 0. The first-order valence-corrected chi connectivity index (χ1v) is 6.24. The maximum atomic E-state index is 11.4. The normalized spacial score (nSPS) is 14.5. The molecule has 1 saturated carbocycles. The molecular formula is C12H13NO2S. The molecule has 16 heavy (non-hydrogen) atoms. The molecule has 84 valence electrons. The number of nitrogens with one attached hydrogen (secondary N) is 1. The van der Waals surface area contributed by atoms with Crippen molar-refractivity contribution in [2.24, 2.45) is 0 Å². The first-order chi connectivity index (χ1) is 7.78. The van der Waals surface area contributed by atoms with Gasteiger partial charge in [-0.15, -0.1) is 11.8 Å². The Labute approximate surface area is 98.6 Å². The number of carbonyl (C=O) groups excluding carboxylic acids is 2. The average Bonchev–Trinajstić information content (AvgIpc) is 3.11. The minimum Gasteiger partial charge on any atom is -0.353 e. The first-order valence-electron chi connectivity index (χ1n) is 5.25. The van der Waals surface area contributed by atoms with Crippen LogP contribution in [0.15, 0.2) is 29.2 Å². The summed E-state index contributed by atoms with van der Waals surface area (Å²) in [6.07, 6.45) is 3.04. The van der Waals surface area contributed by atoms with Crippen LogP contribution in [0.5, 0.6) is 0 Å². The Kier molecular flexibility index (Phi) is 3.62. The number of thioether (sulfide) groups is 1. The van der Waals surface area contributed by atoms with Crippen LogP contribution in [-0.4, -0.2) is 24.0 Å². The zero-order valence-electron chi connectivity index (χ0n) is 8.81. The molecule has 1 aliphatic rings. The van der Waals surface area contributed by atoms with Crippen molar-refractivity contribution >= 4 is 24.0 Å². The van der Waals surface area contributed by atoms with Crippen molar-refractivity contribution < 1.29 is 9.59 Å². The molecule has 4 heteroatoms. The largest absolute Gasteiger partial charge is 0.353 e. The van der Waals surface area contributed by atoms with Gasteiger partial charge in [-0.1, -0.05) is 12.1 Å². The van der Waals surface area contributed by atoms with Crippen molar-refractivity contribution in [3.05, 3.63) is 29.8 Å². The van der Waals surface area contributed by atoms with E-state index in [0.717, 1.165) is 24.0 Å². The summed E-state index contributed by atoms with van der Waals surface area (Å²) in [5.74, 6) is 0.531. The lowest BCUT2D eigenvalue weighted by Gasteiger charge is -2.03. The Morgan fingerprint density at radius 1 is 1.38 bits per heavy atom. The molecule has 1 amide bonds. The second-order valence-corrected chi connectivity index (χ2v) is 4.87. The van der Waals surface area contributed by atoms with E-state index in [4.69, 9.17) is 0 Å². The molecule has 0 heterocycles. The van der Waals surface area contributed by atoms with Crippen LogP contribution in [0.2, 0.25) is 0 Å². The van der Waals surface area contributed by atoms with Gasteiger partial charge in [-0.25, -0.2) is 0 Å². The summed E-state index contributed by atoms with van der Waals surface area (Å²) < 4.78 is 0. The van der Waals surface area contributed by atoms with Crippen LogP contribution >= 0.6 is 11.8 Å². The lowest BCUT2D eigenvalue weighted by Crippen LogP contribution is -2.26. The van der Waals surface area contributed by atoms with Crippen LogP contribution in [0.3, 0.4) is 0 Å². The van der Waals surface area contributed by atoms with E-state index in [1.165, 1.54) is 11.8 Å². The van der Waals surface area contributed by atoms with Crippen molar-refractivity contribution in [1.29, 1.82) is 0 Å². The van der Waals surface area contributed by atoms with Gasteiger partial charge >= 0.3 is 0 Å². The maximum absolute atomic E-state index is 11.4. The SMILES string of the molecule is O=Cc1ccc(SCC(=O)NC2CC2)cc1. The molecule has 0 saturated heterocycles. The highest BCUT2D eigenvalue weighted by atomic mass is 32.2. The van der Waals surface area contributed by atoms with Gasteiger partial charge in [0.05, 0.1) is 5.75 Å². The zero-order valence-corrected chi connectivity index (χ0v) is 9.63. The van der Waals surface area contributed by atoms with Crippen molar-refractivity contribution in [3.8, 4) is 0 Å². The summed E-state index contributed by atoms with van der Waals surface area (Å²) in [6, 6.07) is 7.66. The molecule has 0 spiro atoms. The Hall–Kier alpha value is -1.29. The minimum atomic E-state index is 0.0898. The Morgan fingerprint density at radius 2 is 2.06 bits per heavy atom. The van der Waals surface area contributed by atoms with Gasteiger partial charge in [-0.05, 0) is 25.0 Å². The van der Waals surface area contributed by atoms with Gasteiger partial charge in [0.15, 0.2) is 0 Å². The standard InChI is InChI=1S/C12H13NO2S/c14-7-9-1-5-11(6-2-9)16-8-12(15)13-10-3-4-10/h1-2,5-7,10H,3-4,8H2,(H,13,15). The molecule has 1 N–H and O–H groups in total. The third-order valence-electron chi connectivity index (χ3n) is 2.33. The van der Waals surface area contributed by atoms with Crippen molar-refractivity contribution in [3.63, 3.8) is 0 Å². The summed E-state index contributed by atoms with van der Waals surface area (Å²) in [6.45, 7) is 0. The number of hydrogen-bond donors (Lipinski definition) is 1. The number of hydrogen-bond acceptors (Lipinski definition) is 3. The summed E-state index contributed by atoms with van der Waals surface area (Å²) in [5, 5.41) is 2.93. The third-order valence-corrected chi connectivity index (χ3v) is 3.34. The lowest BCUT2D eigenvalue weighted by molar-refractivity contribution is -0.118. The predicted molar refractivity (Wildman–Crippen MR) is 63.7 cm³/mol. The van der Waals surface area contributed by atoms with Crippen molar-refractivity contribution in [2.45, 2.75) is 23.8 Å². The van der Waals surface area contributed by atoms with E-state index in [0.29, 0.717) is 17.4 Å². The van der Waals surface area contributed by atoms with Crippen LogP contribution in [-0.2, 0) is 4.79 Å². The number of amides is 1. The van der Waals surface area contributed by atoms with Crippen LogP contribution in [0.4, 0.5) is 0 Å². The number of aldehydes is 1. The van der Waals surface area contributed by atoms with E-state index < -0.39 is 0 Å². The predicted octanol–water partition coefficient (Wildman–Crippen LogP) is 1.87. The van der Waals surface area contributed by atoms with Crippen molar-refractivity contribution in [2.75, 3.05) is 5.75 Å². The highest BCUT2D eigenvalue weighted by Gasteiger charge is 2.22. The monoisotopic (exact) mass is 235 g/mol.